The first kappa shape index (κ1) is 18.3. The van der Waals surface area contributed by atoms with Crippen LogP contribution in [0.3, 0.4) is 0 Å². The largest absolute Gasteiger partial charge is 0.370 e. The maximum Gasteiger partial charge on any atom is 0.188 e. The van der Waals surface area contributed by atoms with Crippen LogP contribution in [-0.4, -0.2) is 39.0 Å². The molecule has 0 radical (unpaired) electrons. The predicted octanol–water partition coefficient (Wildman–Crippen LogP) is 0.744. The van der Waals surface area contributed by atoms with Gasteiger partial charge in [0, 0.05) is 18.8 Å². The summed E-state index contributed by atoms with van der Waals surface area (Å²) < 4.78 is 22.2. The first-order chi connectivity index (χ1) is 7.02. The van der Waals surface area contributed by atoms with Crippen LogP contribution in [0.15, 0.2) is 4.99 Å². The van der Waals surface area contributed by atoms with Crippen LogP contribution in [0.1, 0.15) is 26.7 Å². The van der Waals surface area contributed by atoms with Gasteiger partial charge in [0.25, 0.3) is 0 Å². The number of nitrogens with zero attached hydrogens (tertiary/aromatic N) is 1. The van der Waals surface area contributed by atoms with Gasteiger partial charge >= 0.3 is 0 Å². The summed E-state index contributed by atoms with van der Waals surface area (Å²) in [5.41, 5.74) is 5.53. The number of guanidine groups is 1. The van der Waals surface area contributed by atoms with E-state index >= 15 is 0 Å². The van der Waals surface area contributed by atoms with Crippen LogP contribution >= 0.6 is 24.0 Å². The van der Waals surface area contributed by atoms with E-state index < -0.39 is 9.84 Å². The Labute approximate surface area is 115 Å². The van der Waals surface area contributed by atoms with Gasteiger partial charge in [-0.2, -0.15) is 0 Å². The molecule has 0 fully saturated rings. The Hall–Kier alpha value is -0.0500. The van der Waals surface area contributed by atoms with Gasteiger partial charge in [0.05, 0.1) is 5.75 Å². The Kier molecular flexibility index (Phi) is 11.6. The van der Waals surface area contributed by atoms with E-state index in [1.165, 1.54) is 0 Å². The van der Waals surface area contributed by atoms with Gasteiger partial charge in [-0.1, -0.05) is 20.3 Å². The summed E-state index contributed by atoms with van der Waals surface area (Å²) >= 11 is 0. The normalized spacial score (nSPS) is 12.0. The monoisotopic (exact) mass is 363 g/mol. The van der Waals surface area contributed by atoms with Crippen molar-refractivity contribution in [3.63, 3.8) is 0 Å². The molecule has 0 aromatic heterocycles. The molecule has 0 aromatic carbocycles. The second kappa shape index (κ2) is 10.1. The fraction of sp³-hybridized carbons (Fsp3) is 0.889. The number of sulfone groups is 1. The molecular formula is C9H22IN3O2S. The smallest absolute Gasteiger partial charge is 0.188 e. The minimum atomic E-state index is -2.91. The summed E-state index contributed by atoms with van der Waals surface area (Å²) in [6.45, 7) is 4.73. The Balaban J connectivity index is 0. The minimum Gasteiger partial charge on any atom is -0.370 e. The zero-order valence-electron chi connectivity index (χ0n) is 9.90. The lowest BCUT2D eigenvalue weighted by molar-refractivity contribution is 0.596. The third kappa shape index (κ3) is 10.5. The summed E-state index contributed by atoms with van der Waals surface area (Å²) in [5, 5.41) is 2.78. The molecule has 0 unspecified atom stereocenters. The van der Waals surface area contributed by atoms with Gasteiger partial charge in [0.15, 0.2) is 15.8 Å². The molecule has 0 heterocycles. The summed E-state index contributed by atoms with van der Waals surface area (Å²) in [6.07, 6.45) is 2.07. The summed E-state index contributed by atoms with van der Waals surface area (Å²) in [6, 6.07) is 0. The fourth-order valence-electron chi connectivity index (χ4n) is 0.892. The molecule has 0 saturated heterocycles. The van der Waals surface area contributed by atoms with Crippen LogP contribution in [0.2, 0.25) is 0 Å². The molecule has 7 heteroatoms. The summed E-state index contributed by atoms with van der Waals surface area (Å²) in [7, 11) is -2.91. The van der Waals surface area contributed by atoms with Gasteiger partial charge in [-0.25, -0.2) is 8.42 Å². The van der Waals surface area contributed by atoms with Crippen molar-refractivity contribution in [1.82, 2.24) is 5.32 Å². The van der Waals surface area contributed by atoms with Crippen molar-refractivity contribution in [2.75, 3.05) is 24.6 Å². The molecule has 5 nitrogen and oxygen atoms in total. The number of hydrogen-bond acceptors (Lipinski definition) is 3. The van der Waals surface area contributed by atoms with E-state index in [4.69, 9.17) is 5.73 Å². The van der Waals surface area contributed by atoms with Gasteiger partial charge in [-0.15, -0.1) is 24.0 Å². The van der Waals surface area contributed by atoms with Gasteiger partial charge in [0.2, 0.25) is 0 Å². The second-order valence-corrected chi connectivity index (χ2v) is 5.76. The van der Waals surface area contributed by atoms with Crippen LogP contribution in [-0.2, 0) is 9.84 Å². The average Bonchev–Trinajstić information content (AvgIpc) is 2.18. The Morgan fingerprint density at radius 1 is 1.38 bits per heavy atom. The van der Waals surface area contributed by atoms with Crippen molar-refractivity contribution in [2.45, 2.75) is 26.7 Å². The predicted molar refractivity (Wildman–Crippen MR) is 79.1 cm³/mol. The highest BCUT2D eigenvalue weighted by atomic mass is 127. The molecule has 0 amide bonds. The highest BCUT2D eigenvalue weighted by Crippen LogP contribution is 1.88. The number of unbranched alkanes of at least 4 members (excludes halogenated alkanes) is 1. The average molecular weight is 363 g/mol. The molecule has 0 atom stereocenters. The van der Waals surface area contributed by atoms with E-state index in [2.05, 4.69) is 17.2 Å². The lowest BCUT2D eigenvalue weighted by Crippen LogP contribution is -2.35. The molecule has 0 aliphatic carbocycles. The van der Waals surface area contributed by atoms with Crippen LogP contribution in [0, 0.1) is 0 Å². The Morgan fingerprint density at radius 2 is 2.00 bits per heavy atom. The Morgan fingerprint density at radius 3 is 2.50 bits per heavy atom. The van der Waals surface area contributed by atoms with E-state index in [0.717, 1.165) is 12.8 Å². The van der Waals surface area contributed by atoms with Gasteiger partial charge in [0.1, 0.15) is 0 Å². The molecule has 0 rings (SSSR count). The molecular weight excluding hydrogens is 341 g/mol. The van der Waals surface area contributed by atoms with Gasteiger partial charge in [-0.05, 0) is 6.42 Å². The molecule has 16 heavy (non-hydrogen) atoms. The number of hydrogen-bond donors (Lipinski definition) is 2. The van der Waals surface area contributed by atoms with Crippen molar-refractivity contribution in [2.24, 2.45) is 10.7 Å². The van der Waals surface area contributed by atoms with E-state index in [9.17, 15) is 8.42 Å². The van der Waals surface area contributed by atoms with Crippen LogP contribution in [0.5, 0.6) is 0 Å². The number of halogens is 1. The quantitative estimate of drug-likeness (QED) is 0.303. The zero-order chi connectivity index (χ0) is 11.7. The van der Waals surface area contributed by atoms with Crippen LogP contribution in [0.25, 0.3) is 0 Å². The molecule has 0 aromatic rings. The molecule has 98 valence electrons. The van der Waals surface area contributed by atoms with E-state index in [-0.39, 0.29) is 35.5 Å². The van der Waals surface area contributed by atoms with Crippen molar-refractivity contribution < 1.29 is 8.42 Å². The van der Waals surface area contributed by atoms with E-state index in [1.807, 2.05) is 0 Å². The zero-order valence-corrected chi connectivity index (χ0v) is 13.0. The van der Waals surface area contributed by atoms with E-state index in [0.29, 0.717) is 19.0 Å². The van der Waals surface area contributed by atoms with Crippen molar-refractivity contribution in [3.05, 3.63) is 0 Å². The third-order valence-corrected chi connectivity index (χ3v) is 3.66. The van der Waals surface area contributed by atoms with Gasteiger partial charge in [-0.3, -0.25) is 4.99 Å². The highest BCUT2D eigenvalue weighted by Gasteiger charge is 2.06. The Bertz CT molecular complexity index is 291. The number of aliphatic imine (C=N–C) groups is 1. The van der Waals surface area contributed by atoms with Crippen molar-refractivity contribution in [3.8, 4) is 0 Å². The summed E-state index contributed by atoms with van der Waals surface area (Å²) in [5.74, 6) is 0.601. The van der Waals surface area contributed by atoms with Crippen LogP contribution in [0.4, 0.5) is 0 Å². The molecule has 0 spiro atoms. The summed E-state index contributed by atoms with van der Waals surface area (Å²) in [4.78, 5) is 4.05. The fourth-order valence-corrected chi connectivity index (χ4v) is 1.59. The third-order valence-electron chi connectivity index (χ3n) is 1.95. The maximum atomic E-state index is 11.1. The molecule has 3 N–H and O–H groups in total. The van der Waals surface area contributed by atoms with Crippen LogP contribution < -0.4 is 11.1 Å². The van der Waals surface area contributed by atoms with Crippen molar-refractivity contribution in [1.29, 1.82) is 0 Å². The second-order valence-electron chi connectivity index (χ2n) is 3.28. The first-order valence-corrected chi connectivity index (χ1v) is 7.08. The number of rotatable bonds is 7. The number of nitrogens with two attached hydrogens (primary N) is 1. The lowest BCUT2D eigenvalue weighted by atomic mass is 10.3. The molecule has 0 aliphatic heterocycles. The lowest BCUT2D eigenvalue weighted by Gasteiger charge is -2.05. The number of nitrogens with one attached hydrogen (secondary N) is 1. The first-order valence-electron chi connectivity index (χ1n) is 5.26. The SMILES string of the molecule is CCCCN=C(N)NCCS(=O)(=O)CC.I. The topological polar surface area (TPSA) is 84.5 Å². The minimum absolute atomic E-state index is 0. The standard InChI is InChI=1S/C9H21N3O2S.HI/c1-3-5-6-11-9(10)12-7-8-15(13,14)4-2;/h3-8H2,1-2H3,(H3,10,11,12);1H. The maximum absolute atomic E-state index is 11.1. The molecule has 0 aliphatic rings. The molecule has 0 bridgehead atoms. The highest BCUT2D eigenvalue weighted by molar-refractivity contribution is 14.0. The molecule has 0 saturated carbocycles. The van der Waals surface area contributed by atoms with E-state index in [1.54, 1.807) is 6.92 Å². The van der Waals surface area contributed by atoms with Crippen molar-refractivity contribution >= 4 is 39.8 Å². The van der Waals surface area contributed by atoms with Gasteiger partial charge < -0.3 is 11.1 Å².